The van der Waals surface area contributed by atoms with Crippen LogP contribution in [0.15, 0.2) is 66.7 Å². The minimum atomic E-state index is -0.0662. The van der Waals surface area contributed by atoms with Gasteiger partial charge in [-0.2, -0.15) is 0 Å². The van der Waals surface area contributed by atoms with Crippen molar-refractivity contribution in [1.29, 1.82) is 0 Å². The number of hydrogen-bond donors (Lipinski definition) is 2. The van der Waals surface area contributed by atoms with Crippen molar-refractivity contribution in [2.24, 2.45) is 0 Å². The highest BCUT2D eigenvalue weighted by Crippen LogP contribution is 2.23. The lowest BCUT2D eigenvalue weighted by Gasteiger charge is -2.13. The molecule has 0 aromatic heterocycles. The van der Waals surface area contributed by atoms with Gasteiger partial charge in [-0.25, -0.2) is 0 Å². The van der Waals surface area contributed by atoms with Gasteiger partial charge >= 0.3 is 0 Å². The predicted octanol–water partition coefficient (Wildman–Crippen LogP) is 3.37. The van der Waals surface area contributed by atoms with Gasteiger partial charge in [-0.05, 0) is 30.2 Å². The normalized spacial score (nSPS) is 9.96. The summed E-state index contributed by atoms with van der Waals surface area (Å²) in [4.78, 5) is 11.9. The van der Waals surface area contributed by atoms with Crippen molar-refractivity contribution in [1.82, 2.24) is 5.32 Å². The molecule has 0 aliphatic heterocycles. The Kier molecular flexibility index (Phi) is 6.24. The molecule has 0 unspecified atom stereocenters. The number of anilines is 1. The molecule has 2 aromatic carbocycles. The minimum absolute atomic E-state index is 0.0662. The van der Waals surface area contributed by atoms with E-state index in [1.54, 1.807) is 0 Å². The summed E-state index contributed by atoms with van der Waals surface area (Å²) in [6, 6.07) is 17.4. The van der Waals surface area contributed by atoms with E-state index in [1.807, 2.05) is 61.5 Å². The van der Waals surface area contributed by atoms with Crippen LogP contribution in [0.3, 0.4) is 0 Å². The van der Waals surface area contributed by atoms with Crippen LogP contribution >= 0.6 is 0 Å². The predicted molar refractivity (Wildman–Crippen MR) is 93.5 cm³/mol. The second-order valence-corrected chi connectivity index (χ2v) is 5.36. The average Bonchev–Trinajstić information content (AvgIpc) is 2.58. The quantitative estimate of drug-likeness (QED) is 0.735. The maximum Gasteiger partial charge on any atom is 0.239 e. The fourth-order valence-corrected chi connectivity index (χ4v) is 1.97. The molecule has 0 saturated carbocycles. The fourth-order valence-electron chi connectivity index (χ4n) is 1.97. The van der Waals surface area contributed by atoms with Gasteiger partial charge in [-0.3, -0.25) is 4.79 Å². The second kappa shape index (κ2) is 8.63. The van der Waals surface area contributed by atoms with Gasteiger partial charge in [0.15, 0.2) is 0 Å². The summed E-state index contributed by atoms with van der Waals surface area (Å²) < 4.78 is 5.67. The van der Waals surface area contributed by atoms with Crippen LogP contribution in [0, 0.1) is 0 Å². The SMILES string of the molecule is C=C(C)COc1ccccc1NCC(=O)NCc1ccccc1. The number of amides is 1. The highest BCUT2D eigenvalue weighted by molar-refractivity contribution is 5.81. The van der Waals surface area contributed by atoms with Gasteiger partial charge in [0.05, 0.1) is 12.2 Å². The number of benzene rings is 2. The molecule has 120 valence electrons. The maximum atomic E-state index is 11.9. The maximum absolute atomic E-state index is 11.9. The van der Waals surface area contributed by atoms with Gasteiger partial charge in [0, 0.05) is 6.54 Å². The molecule has 2 rings (SSSR count). The smallest absolute Gasteiger partial charge is 0.239 e. The number of carbonyl (C=O) groups excluding carboxylic acids is 1. The molecule has 23 heavy (non-hydrogen) atoms. The van der Waals surface area contributed by atoms with Gasteiger partial charge < -0.3 is 15.4 Å². The van der Waals surface area contributed by atoms with Crippen LogP contribution in [0.25, 0.3) is 0 Å². The van der Waals surface area contributed by atoms with Gasteiger partial charge in [-0.1, -0.05) is 49.0 Å². The van der Waals surface area contributed by atoms with Crippen LogP contribution in [0.2, 0.25) is 0 Å². The lowest BCUT2D eigenvalue weighted by molar-refractivity contribution is -0.119. The van der Waals surface area contributed by atoms with Crippen LogP contribution in [-0.4, -0.2) is 19.1 Å². The summed E-state index contributed by atoms with van der Waals surface area (Å²) in [6.07, 6.45) is 0. The summed E-state index contributed by atoms with van der Waals surface area (Å²) in [7, 11) is 0. The molecule has 0 atom stereocenters. The van der Waals surface area contributed by atoms with Crippen molar-refractivity contribution in [3.8, 4) is 5.75 Å². The Balaban J connectivity index is 1.83. The molecule has 0 saturated heterocycles. The minimum Gasteiger partial charge on any atom is -0.487 e. The van der Waals surface area contributed by atoms with Crippen LogP contribution in [0.4, 0.5) is 5.69 Å². The molecule has 0 aliphatic rings. The third-order valence-corrected chi connectivity index (χ3v) is 3.13. The molecule has 1 amide bonds. The van der Waals surface area contributed by atoms with E-state index in [0.717, 1.165) is 16.8 Å². The van der Waals surface area contributed by atoms with Gasteiger partial charge in [0.25, 0.3) is 0 Å². The van der Waals surface area contributed by atoms with E-state index in [4.69, 9.17) is 4.74 Å². The van der Waals surface area contributed by atoms with Crippen LogP contribution in [0.1, 0.15) is 12.5 Å². The summed E-state index contributed by atoms with van der Waals surface area (Å²) >= 11 is 0. The molecule has 0 aliphatic carbocycles. The molecule has 0 heterocycles. The Bertz CT molecular complexity index is 653. The molecule has 4 heteroatoms. The first-order valence-electron chi connectivity index (χ1n) is 7.56. The van der Waals surface area contributed by atoms with Crippen LogP contribution < -0.4 is 15.4 Å². The zero-order valence-corrected chi connectivity index (χ0v) is 13.3. The van der Waals surface area contributed by atoms with Crippen LogP contribution in [0.5, 0.6) is 5.75 Å². The lowest BCUT2D eigenvalue weighted by Crippen LogP contribution is -2.29. The number of carbonyl (C=O) groups is 1. The van der Waals surface area contributed by atoms with Crippen molar-refractivity contribution >= 4 is 11.6 Å². The Morgan fingerprint density at radius 2 is 1.78 bits per heavy atom. The average molecular weight is 310 g/mol. The number of para-hydroxylation sites is 2. The van der Waals surface area contributed by atoms with Crippen molar-refractivity contribution in [2.75, 3.05) is 18.5 Å². The first-order chi connectivity index (χ1) is 11.1. The number of rotatable bonds is 8. The summed E-state index contributed by atoms with van der Waals surface area (Å²) in [5.41, 5.74) is 2.81. The molecule has 4 nitrogen and oxygen atoms in total. The lowest BCUT2D eigenvalue weighted by atomic mass is 10.2. The zero-order valence-electron chi connectivity index (χ0n) is 13.3. The summed E-state index contributed by atoms with van der Waals surface area (Å²) in [5.74, 6) is 0.648. The standard InChI is InChI=1S/C19H22N2O2/c1-15(2)14-23-18-11-7-6-10-17(18)20-13-19(22)21-12-16-8-4-3-5-9-16/h3-11,20H,1,12-14H2,2H3,(H,21,22). The highest BCUT2D eigenvalue weighted by atomic mass is 16.5. The number of nitrogens with one attached hydrogen (secondary N) is 2. The van der Waals surface area contributed by atoms with Crippen molar-refractivity contribution in [3.63, 3.8) is 0 Å². The molecule has 2 aromatic rings. The first-order valence-corrected chi connectivity index (χ1v) is 7.56. The Labute approximate surface area is 137 Å². The van der Waals surface area contributed by atoms with Crippen molar-refractivity contribution < 1.29 is 9.53 Å². The molecule has 0 spiro atoms. The first kappa shape index (κ1) is 16.6. The Hall–Kier alpha value is -2.75. The van der Waals surface area contributed by atoms with Crippen molar-refractivity contribution in [3.05, 3.63) is 72.3 Å². The van der Waals surface area contributed by atoms with E-state index in [1.165, 1.54) is 0 Å². The van der Waals surface area contributed by atoms with E-state index in [9.17, 15) is 4.79 Å². The third kappa shape index (κ3) is 5.87. The van der Waals surface area contributed by atoms with E-state index >= 15 is 0 Å². The summed E-state index contributed by atoms with van der Waals surface area (Å²) in [6.45, 7) is 6.90. The van der Waals surface area contributed by atoms with Gasteiger partial charge in [0.2, 0.25) is 5.91 Å². The van der Waals surface area contributed by atoms with E-state index < -0.39 is 0 Å². The monoisotopic (exact) mass is 310 g/mol. The fraction of sp³-hybridized carbons (Fsp3) is 0.211. The van der Waals surface area contributed by atoms with E-state index in [-0.39, 0.29) is 12.5 Å². The second-order valence-electron chi connectivity index (χ2n) is 5.36. The van der Waals surface area contributed by atoms with Gasteiger partial charge in [-0.15, -0.1) is 0 Å². The number of ether oxygens (including phenoxy) is 1. The van der Waals surface area contributed by atoms with Crippen LogP contribution in [-0.2, 0) is 11.3 Å². The van der Waals surface area contributed by atoms with E-state index in [0.29, 0.717) is 18.9 Å². The molecular formula is C19H22N2O2. The molecule has 0 bridgehead atoms. The van der Waals surface area contributed by atoms with Crippen molar-refractivity contribution in [2.45, 2.75) is 13.5 Å². The molecule has 0 radical (unpaired) electrons. The third-order valence-electron chi connectivity index (χ3n) is 3.13. The highest BCUT2D eigenvalue weighted by Gasteiger charge is 2.05. The van der Waals surface area contributed by atoms with E-state index in [2.05, 4.69) is 17.2 Å². The molecule has 0 fully saturated rings. The Morgan fingerprint density at radius 3 is 2.52 bits per heavy atom. The number of hydrogen-bond acceptors (Lipinski definition) is 3. The molecular weight excluding hydrogens is 288 g/mol. The topological polar surface area (TPSA) is 50.4 Å². The molecule has 2 N–H and O–H groups in total. The van der Waals surface area contributed by atoms with Gasteiger partial charge in [0.1, 0.15) is 12.4 Å². The zero-order chi connectivity index (χ0) is 16.5. The largest absolute Gasteiger partial charge is 0.487 e. The Morgan fingerprint density at radius 1 is 1.09 bits per heavy atom. The summed E-state index contributed by atoms with van der Waals surface area (Å²) in [5, 5.41) is 5.99.